The van der Waals surface area contributed by atoms with E-state index < -0.39 is 0 Å². The van der Waals surface area contributed by atoms with Crippen LogP contribution in [-0.4, -0.2) is 41.0 Å². The first kappa shape index (κ1) is 18.0. The molecule has 2 aromatic rings. The number of methoxy groups -OCH3 is 1. The number of thioether (sulfide) groups is 1. The van der Waals surface area contributed by atoms with Crippen molar-refractivity contribution in [3.8, 4) is 0 Å². The van der Waals surface area contributed by atoms with Gasteiger partial charge in [-0.2, -0.15) is 0 Å². The fourth-order valence-corrected chi connectivity index (χ4v) is 4.24. The zero-order valence-corrected chi connectivity index (χ0v) is 16.1. The van der Waals surface area contributed by atoms with Gasteiger partial charge in [-0.25, -0.2) is 4.98 Å². The number of para-hydroxylation sites is 1. The topological polar surface area (TPSA) is 47.4 Å². The maximum atomic E-state index is 13.0. The summed E-state index contributed by atoms with van der Waals surface area (Å²) in [6.07, 6.45) is 0.931. The summed E-state index contributed by atoms with van der Waals surface area (Å²) in [6.45, 7) is 8.18. The largest absolute Gasteiger partial charge is 0.383 e. The van der Waals surface area contributed by atoms with Crippen molar-refractivity contribution in [2.45, 2.75) is 44.1 Å². The molecule has 0 N–H and O–H groups in total. The summed E-state index contributed by atoms with van der Waals surface area (Å²) in [7, 11) is 1.70. The minimum atomic E-state index is -0.186. The smallest absolute Gasteiger partial charge is 0.240 e. The Kier molecular flexibility index (Phi) is 5.49. The van der Waals surface area contributed by atoms with E-state index in [4.69, 9.17) is 4.74 Å². The first-order valence-corrected chi connectivity index (χ1v) is 9.49. The molecule has 3 rings (SSSR count). The van der Waals surface area contributed by atoms with Crippen LogP contribution < -0.4 is 4.90 Å². The van der Waals surface area contributed by atoms with Gasteiger partial charge in [0.1, 0.15) is 0 Å². The molecular formula is C19H25N3O2S. The minimum Gasteiger partial charge on any atom is -0.383 e. The van der Waals surface area contributed by atoms with Crippen molar-refractivity contribution in [3.05, 3.63) is 41.2 Å². The SMILES string of the molecule is COCCn1c(SC(C)C(=O)N2CCc3ccccc32)nc(C)c1C. The van der Waals surface area contributed by atoms with Gasteiger partial charge >= 0.3 is 0 Å². The lowest BCUT2D eigenvalue weighted by Crippen LogP contribution is -2.35. The lowest BCUT2D eigenvalue weighted by molar-refractivity contribution is -0.117. The highest BCUT2D eigenvalue weighted by atomic mass is 32.2. The lowest BCUT2D eigenvalue weighted by Gasteiger charge is -2.21. The van der Waals surface area contributed by atoms with E-state index in [1.54, 1.807) is 7.11 Å². The Hall–Kier alpha value is -1.79. The summed E-state index contributed by atoms with van der Waals surface area (Å²) < 4.78 is 7.35. The van der Waals surface area contributed by atoms with Gasteiger partial charge in [0.2, 0.25) is 5.91 Å². The Morgan fingerprint density at radius 3 is 2.88 bits per heavy atom. The van der Waals surface area contributed by atoms with Crippen LogP contribution in [0, 0.1) is 13.8 Å². The van der Waals surface area contributed by atoms with Crippen molar-refractivity contribution < 1.29 is 9.53 Å². The molecule has 0 aliphatic carbocycles. The average Bonchev–Trinajstić information content (AvgIpc) is 3.15. The molecule has 0 bridgehead atoms. The van der Waals surface area contributed by atoms with Gasteiger partial charge in [0.05, 0.1) is 17.6 Å². The number of aryl methyl sites for hydroxylation is 1. The van der Waals surface area contributed by atoms with Gasteiger partial charge in [-0.1, -0.05) is 30.0 Å². The quantitative estimate of drug-likeness (QED) is 0.743. The zero-order chi connectivity index (χ0) is 18.0. The number of carbonyl (C=O) groups is 1. The Labute approximate surface area is 153 Å². The normalized spacial score (nSPS) is 14.6. The van der Waals surface area contributed by atoms with Crippen LogP contribution in [0.3, 0.4) is 0 Å². The molecule has 1 aliphatic rings. The van der Waals surface area contributed by atoms with Gasteiger partial charge in [0.25, 0.3) is 0 Å². The second-order valence-corrected chi connectivity index (χ2v) is 7.65. The van der Waals surface area contributed by atoms with Crippen LogP contribution in [0.1, 0.15) is 23.9 Å². The molecule has 1 unspecified atom stereocenters. The Bertz CT molecular complexity index is 772. The van der Waals surface area contributed by atoms with E-state index in [9.17, 15) is 4.79 Å². The maximum absolute atomic E-state index is 13.0. The minimum absolute atomic E-state index is 0.145. The molecule has 25 heavy (non-hydrogen) atoms. The van der Waals surface area contributed by atoms with Crippen LogP contribution in [0.5, 0.6) is 0 Å². The molecule has 1 aromatic heterocycles. The summed E-state index contributed by atoms with van der Waals surface area (Å²) in [5, 5.41) is 0.703. The number of imidazole rings is 1. The molecule has 2 heterocycles. The molecule has 0 spiro atoms. The number of ether oxygens (including phenoxy) is 1. The lowest BCUT2D eigenvalue weighted by atomic mass is 10.2. The molecule has 0 saturated carbocycles. The molecule has 1 aromatic carbocycles. The fraction of sp³-hybridized carbons (Fsp3) is 0.474. The van der Waals surface area contributed by atoms with E-state index in [0.29, 0.717) is 6.61 Å². The van der Waals surface area contributed by atoms with Crippen LogP contribution in [0.15, 0.2) is 29.4 Å². The number of hydrogen-bond donors (Lipinski definition) is 0. The number of carbonyl (C=O) groups excluding carboxylic acids is 1. The number of benzene rings is 1. The maximum Gasteiger partial charge on any atom is 0.240 e. The average molecular weight is 359 g/mol. The van der Waals surface area contributed by atoms with Crippen molar-refractivity contribution >= 4 is 23.4 Å². The second kappa shape index (κ2) is 7.62. The highest BCUT2D eigenvalue weighted by molar-refractivity contribution is 8.00. The molecule has 6 heteroatoms. The number of amides is 1. The standard InChI is InChI=1S/C19H25N3O2S/c1-13-14(2)21(11-12-24-4)19(20-13)25-15(3)18(23)22-10-9-16-7-5-6-8-17(16)22/h5-8,15H,9-12H2,1-4H3. The molecule has 5 nitrogen and oxygen atoms in total. The molecule has 0 saturated heterocycles. The van der Waals surface area contributed by atoms with Crippen molar-refractivity contribution in [1.82, 2.24) is 9.55 Å². The predicted octanol–water partition coefficient (Wildman–Crippen LogP) is 3.22. The first-order chi connectivity index (χ1) is 12.0. The Morgan fingerprint density at radius 1 is 1.36 bits per heavy atom. The number of fused-ring (bicyclic) bond motifs is 1. The summed E-state index contributed by atoms with van der Waals surface area (Å²) in [4.78, 5) is 19.5. The monoisotopic (exact) mass is 359 g/mol. The number of aromatic nitrogens is 2. The summed E-state index contributed by atoms with van der Waals surface area (Å²) in [5.41, 5.74) is 4.44. The summed E-state index contributed by atoms with van der Waals surface area (Å²) >= 11 is 1.53. The number of hydrogen-bond acceptors (Lipinski definition) is 4. The predicted molar refractivity (Wildman–Crippen MR) is 101 cm³/mol. The number of anilines is 1. The second-order valence-electron chi connectivity index (χ2n) is 6.34. The molecule has 134 valence electrons. The zero-order valence-electron chi connectivity index (χ0n) is 15.3. The molecule has 0 fully saturated rings. The van der Waals surface area contributed by atoms with Gasteiger partial charge in [-0.15, -0.1) is 0 Å². The highest BCUT2D eigenvalue weighted by Crippen LogP contribution is 2.32. The van der Waals surface area contributed by atoms with E-state index in [1.807, 2.05) is 36.9 Å². The van der Waals surface area contributed by atoms with Gasteiger partial charge in [-0.3, -0.25) is 4.79 Å². The van der Waals surface area contributed by atoms with Gasteiger partial charge < -0.3 is 14.2 Å². The van der Waals surface area contributed by atoms with Crippen LogP contribution >= 0.6 is 11.8 Å². The third-order valence-electron chi connectivity index (χ3n) is 4.72. The van der Waals surface area contributed by atoms with E-state index in [1.165, 1.54) is 17.3 Å². The van der Waals surface area contributed by atoms with Gasteiger partial charge in [0, 0.05) is 31.6 Å². The van der Waals surface area contributed by atoms with E-state index in [2.05, 4.69) is 22.5 Å². The Morgan fingerprint density at radius 2 is 2.12 bits per heavy atom. The molecular weight excluding hydrogens is 334 g/mol. The van der Waals surface area contributed by atoms with E-state index in [0.717, 1.165) is 41.7 Å². The van der Waals surface area contributed by atoms with Crippen LogP contribution in [0.25, 0.3) is 0 Å². The van der Waals surface area contributed by atoms with E-state index >= 15 is 0 Å². The summed E-state index contributed by atoms with van der Waals surface area (Å²) in [5.74, 6) is 0.145. The van der Waals surface area contributed by atoms with Gasteiger partial charge in [-0.05, 0) is 38.8 Å². The molecule has 1 aliphatic heterocycles. The third-order valence-corrected chi connectivity index (χ3v) is 5.80. The molecule has 1 amide bonds. The van der Waals surface area contributed by atoms with Crippen LogP contribution in [0.4, 0.5) is 5.69 Å². The van der Waals surface area contributed by atoms with Crippen LogP contribution in [-0.2, 0) is 22.5 Å². The Balaban J connectivity index is 1.76. The molecule has 1 atom stereocenters. The number of rotatable bonds is 6. The van der Waals surface area contributed by atoms with Crippen molar-refractivity contribution in [2.75, 3.05) is 25.2 Å². The highest BCUT2D eigenvalue weighted by Gasteiger charge is 2.29. The molecule has 0 radical (unpaired) electrons. The third kappa shape index (κ3) is 3.60. The summed E-state index contributed by atoms with van der Waals surface area (Å²) in [6, 6.07) is 8.16. The van der Waals surface area contributed by atoms with Crippen molar-refractivity contribution in [1.29, 1.82) is 0 Å². The van der Waals surface area contributed by atoms with Crippen molar-refractivity contribution in [2.24, 2.45) is 0 Å². The van der Waals surface area contributed by atoms with E-state index in [-0.39, 0.29) is 11.2 Å². The van der Waals surface area contributed by atoms with Crippen molar-refractivity contribution in [3.63, 3.8) is 0 Å². The van der Waals surface area contributed by atoms with Crippen LogP contribution in [0.2, 0.25) is 0 Å². The number of nitrogens with zero attached hydrogens (tertiary/aromatic N) is 3. The first-order valence-electron chi connectivity index (χ1n) is 8.61. The fourth-order valence-electron chi connectivity index (χ4n) is 3.15. The van der Waals surface area contributed by atoms with Gasteiger partial charge in [0.15, 0.2) is 5.16 Å².